The first-order valence-electron chi connectivity index (χ1n) is 4.43. The van der Waals surface area contributed by atoms with E-state index in [0.717, 1.165) is 21.7 Å². The van der Waals surface area contributed by atoms with Crippen molar-refractivity contribution in [1.29, 1.82) is 0 Å². The highest BCUT2D eigenvalue weighted by atomic mass is 79.9. The Balaban J connectivity index is 2.76. The fourth-order valence-electron chi connectivity index (χ4n) is 1.62. The second-order valence-corrected chi connectivity index (χ2v) is 4.11. The van der Waals surface area contributed by atoms with Crippen LogP contribution in [0, 0.1) is 12.3 Å². The summed E-state index contributed by atoms with van der Waals surface area (Å²) in [5, 5.41) is 0.926. The van der Waals surface area contributed by atoms with E-state index in [1.54, 1.807) is 6.20 Å². The molecule has 0 bridgehead atoms. The SMILES string of the molecule is C#CCn1cc(C=O)c2cc(Br)ccc21. The van der Waals surface area contributed by atoms with E-state index in [-0.39, 0.29) is 0 Å². The number of carbonyl (C=O) groups is 1. The number of aldehydes is 1. The molecule has 1 aromatic carbocycles. The summed E-state index contributed by atoms with van der Waals surface area (Å²) in [4.78, 5) is 10.9. The smallest absolute Gasteiger partial charge is 0.152 e. The Morgan fingerprint density at radius 2 is 2.33 bits per heavy atom. The molecule has 0 N–H and O–H groups in total. The standard InChI is InChI=1S/C12H8BrNO/c1-2-5-14-7-9(8-15)11-6-10(13)3-4-12(11)14/h1,3-4,6-8H,5H2. The fourth-order valence-corrected chi connectivity index (χ4v) is 1.98. The molecule has 2 rings (SSSR count). The molecule has 0 spiro atoms. The van der Waals surface area contributed by atoms with Crippen LogP contribution in [0.5, 0.6) is 0 Å². The van der Waals surface area contributed by atoms with Gasteiger partial charge in [-0.05, 0) is 18.2 Å². The average Bonchev–Trinajstić information content (AvgIpc) is 2.56. The molecule has 2 aromatic rings. The van der Waals surface area contributed by atoms with Crippen molar-refractivity contribution in [1.82, 2.24) is 4.57 Å². The van der Waals surface area contributed by atoms with Gasteiger partial charge >= 0.3 is 0 Å². The van der Waals surface area contributed by atoms with E-state index in [1.807, 2.05) is 22.8 Å². The van der Waals surface area contributed by atoms with Crippen LogP contribution in [0.3, 0.4) is 0 Å². The molecule has 1 aromatic heterocycles. The predicted molar refractivity (Wildman–Crippen MR) is 63.9 cm³/mol. The molecule has 2 nitrogen and oxygen atoms in total. The number of halogens is 1. The molecule has 0 amide bonds. The summed E-state index contributed by atoms with van der Waals surface area (Å²) in [6.45, 7) is 0.478. The molecule has 0 aliphatic carbocycles. The lowest BCUT2D eigenvalue weighted by Gasteiger charge is -1.99. The molecule has 0 radical (unpaired) electrons. The highest BCUT2D eigenvalue weighted by molar-refractivity contribution is 9.10. The zero-order chi connectivity index (χ0) is 10.8. The summed E-state index contributed by atoms with van der Waals surface area (Å²) >= 11 is 3.38. The first-order chi connectivity index (χ1) is 7.26. The number of fused-ring (bicyclic) bond motifs is 1. The van der Waals surface area contributed by atoms with Crippen molar-refractivity contribution in [3.63, 3.8) is 0 Å². The second kappa shape index (κ2) is 3.92. The van der Waals surface area contributed by atoms with E-state index in [4.69, 9.17) is 6.42 Å². The van der Waals surface area contributed by atoms with Gasteiger partial charge in [0.05, 0.1) is 6.54 Å². The summed E-state index contributed by atoms with van der Waals surface area (Å²) < 4.78 is 2.85. The van der Waals surface area contributed by atoms with Gasteiger partial charge in [0.15, 0.2) is 6.29 Å². The minimum atomic E-state index is 0.478. The Kier molecular flexibility index (Phi) is 2.61. The molecule has 15 heavy (non-hydrogen) atoms. The second-order valence-electron chi connectivity index (χ2n) is 3.20. The Morgan fingerprint density at radius 1 is 1.53 bits per heavy atom. The topological polar surface area (TPSA) is 22.0 Å². The number of rotatable bonds is 2. The van der Waals surface area contributed by atoms with Crippen molar-refractivity contribution in [2.24, 2.45) is 0 Å². The summed E-state index contributed by atoms with van der Waals surface area (Å²) in [7, 11) is 0. The number of benzene rings is 1. The molecular formula is C12H8BrNO. The third-order valence-electron chi connectivity index (χ3n) is 2.26. The van der Waals surface area contributed by atoms with Gasteiger partial charge in [0.2, 0.25) is 0 Å². The van der Waals surface area contributed by atoms with Crippen molar-refractivity contribution in [3.8, 4) is 12.3 Å². The number of nitrogens with zero attached hydrogens (tertiary/aromatic N) is 1. The maximum atomic E-state index is 10.9. The molecule has 0 atom stereocenters. The van der Waals surface area contributed by atoms with Gasteiger partial charge in [0.25, 0.3) is 0 Å². The first-order valence-corrected chi connectivity index (χ1v) is 5.22. The summed E-state index contributed by atoms with van der Waals surface area (Å²) in [6.07, 6.45) is 7.89. The monoisotopic (exact) mass is 261 g/mol. The fraction of sp³-hybridized carbons (Fsp3) is 0.0833. The predicted octanol–water partition coefficient (Wildman–Crippen LogP) is 2.85. The summed E-state index contributed by atoms with van der Waals surface area (Å²) in [5.41, 5.74) is 1.65. The Bertz CT molecular complexity index is 563. The van der Waals surface area contributed by atoms with Gasteiger partial charge in [-0.3, -0.25) is 4.79 Å². The Morgan fingerprint density at radius 3 is 3.00 bits per heavy atom. The van der Waals surface area contributed by atoms with Crippen LogP contribution in [0.2, 0.25) is 0 Å². The van der Waals surface area contributed by atoms with E-state index in [0.29, 0.717) is 12.1 Å². The van der Waals surface area contributed by atoms with Crippen LogP contribution in [-0.2, 0) is 6.54 Å². The van der Waals surface area contributed by atoms with Crippen LogP contribution in [0.4, 0.5) is 0 Å². The Labute approximate surface area is 96.0 Å². The lowest BCUT2D eigenvalue weighted by molar-refractivity contribution is 0.112. The molecule has 3 heteroatoms. The average molecular weight is 262 g/mol. The number of aromatic nitrogens is 1. The van der Waals surface area contributed by atoms with Gasteiger partial charge in [0, 0.05) is 27.1 Å². The third-order valence-corrected chi connectivity index (χ3v) is 2.76. The van der Waals surface area contributed by atoms with E-state index >= 15 is 0 Å². The summed E-state index contributed by atoms with van der Waals surface area (Å²) in [6, 6.07) is 5.81. The van der Waals surface area contributed by atoms with Gasteiger partial charge < -0.3 is 4.57 Å². The largest absolute Gasteiger partial charge is 0.335 e. The number of terminal acetylenes is 1. The summed E-state index contributed by atoms with van der Waals surface area (Å²) in [5.74, 6) is 2.56. The van der Waals surface area contributed by atoms with Crippen molar-refractivity contribution >= 4 is 33.1 Å². The number of carbonyl (C=O) groups excluding carboxylic acids is 1. The molecule has 0 saturated carbocycles. The highest BCUT2D eigenvalue weighted by Crippen LogP contribution is 2.24. The first kappa shape index (κ1) is 10.0. The lowest BCUT2D eigenvalue weighted by atomic mass is 10.2. The Hall–Kier alpha value is -1.53. The number of hydrogen-bond donors (Lipinski definition) is 0. The van der Waals surface area contributed by atoms with Crippen LogP contribution < -0.4 is 0 Å². The van der Waals surface area contributed by atoms with E-state index in [9.17, 15) is 4.79 Å². The van der Waals surface area contributed by atoms with Crippen molar-refractivity contribution in [2.75, 3.05) is 0 Å². The normalized spacial score (nSPS) is 10.1. The molecule has 0 fully saturated rings. The van der Waals surface area contributed by atoms with Crippen LogP contribution in [0.1, 0.15) is 10.4 Å². The van der Waals surface area contributed by atoms with Crippen LogP contribution in [-0.4, -0.2) is 10.9 Å². The molecule has 0 saturated heterocycles. The third kappa shape index (κ3) is 1.69. The van der Waals surface area contributed by atoms with Crippen LogP contribution in [0.15, 0.2) is 28.9 Å². The highest BCUT2D eigenvalue weighted by Gasteiger charge is 2.07. The molecular weight excluding hydrogens is 254 g/mol. The van der Waals surface area contributed by atoms with Gasteiger partial charge in [-0.1, -0.05) is 21.9 Å². The van der Waals surface area contributed by atoms with Gasteiger partial charge in [-0.2, -0.15) is 0 Å². The quantitative estimate of drug-likeness (QED) is 0.602. The van der Waals surface area contributed by atoms with Crippen LogP contribution >= 0.6 is 15.9 Å². The lowest BCUT2D eigenvalue weighted by Crippen LogP contribution is -1.91. The number of hydrogen-bond acceptors (Lipinski definition) is 1. The van der Waals surface area contributed by atoms with E-state index in [1.165, 1.54) is 0 Å². The van der Waals surface area contributed by atoms with Gasteiger partial charge in [0.1, 0.15) is 0 Å². The molecule has 0 unspecified atom stereocenters. The minimum Gasteiger partial charge on any atom is -0.335 e. The van der Waals surface area contributed by atoms with Crippen molar-refractivity contribution < 1.29 is 4.79 Å². The molecule has 0 aliphatic heterocycles. The van der Waals surface area contributed by atoms with E-state index in [2.05, 4.69) is 21.9 Å². The molecule has 0 aliphatic rings. The van der Waals surface area contributed by atoms with Gasteiger partial charge in [-0.15, -0.1) is 6.42 Å². The van der Waals surface area contributed by atoms with Crippen molar-refractivity contribution in [2.45, 2.75) is 6.54 Å². The van der Waals surface area contributed by atoms with Gasteiger partial charge in [-0.25, -0.2) is 0 Å². The molecule has 1 heterocycles. The zero-order valence-corrected chi connectivity index (χ0v) is 9.49. The van der Waals surface area contributed by atoms with E-state index < -0.39 is 0 Å². The minimum absolute atomic E-state index is 0.478. The zero-order valence-electron chi connectivity index (χ0n) is 7.90. The maximum absolute atomic E-state index is 10.9. The maximum Gasteiger partial charge on any atom is 0.152 e. The van der Waals surface area contributed by atoms with Crippen molar-refractivity contribution in [3.05, 3.63) is 34.4 Å². The molecule has 74 valence electrons. The van der Waals surface area contributed by atoms with Crippen LogP contribution in [0.25, 0.3) is 10.9 Å².